The van der Waals surface area contributed by atoms with Gasteiger partial charge < -0.3 is 15.4 Å². The molecule has 0 spiro atoms. The summed E-state index contributed by atoms with van der Waals surface area (Å²) in [5.74, 6) is 0. The van der Waals surface area contributed by atoms with Crippen LogP contribution in [0.3, 0.4) is 0 Å². The normalized spacial score (nSPS) is 24.0. The molecule has 0 aromatic rings. The lowest BCUT2D eigenvalue weighted by molar-refractivity contribution is 0.0245. The molecule has 3 heteroatoms. The number of rotatable bonds is 4. The van der Waals surface area contributed by atoms with Gasteiger partial charge in [-0.2, -0.15) is 0 Å². The van der Waals surface area contributed by atoms with Gasteiger partial charge in [0.15, 0.2) is 0 Å². The fourth-order valence-electron chi connectivity index (χ4n) is 2.27. The molecule has 2 fully saturated rings. The summed E-state index contributed by atoms with van der Waals surface area (Å²) in [6.45, 7) is 10.8. The minimum atomic E-state index is 0.445. The zero-order valence-corrected chi connectivity index (χ0v) is 10.6. The smallest absolute Gasteiger partial charge is 0.0471 e. The van der Waals surface area contributed by atoms with E-state index in [2.05, 4.69) is 24.5 Å². The zero-order chi connectivity index (χ0) is 11.4. The first-order chi connectivity index (χ1) is 7.70. The van der Waals surface area contributed by atoms with Crippen molar-refractivity contribution in [3.05, 3.63) is 11.1 Å². The summed E-state index contributed by atoms with van der Waals surface area (Å²) < 4.78 is 5.41. The summed E-state index contributed by atoms with van der Waals surface area (Å²) in [6, 6.07) is 0. The molecule has 0 saturated carbocycles. The molecule has 16 heavy (non-hydrogen) atoms. The molecule has 0 amide bonds. The average Bonchev–Trinajstić information content (AvgIpc) is 2.15. The highest BCUT2D eigenvalue weighted by molar-refractivity contribution is 5.22. The first-order valence-electron chi connectivity index (χ1n) is 6.36. The Labute approximate surface area is 98.6 Å². The third-order valence-corrected chi connectivity index (χ3v) is 3.92. The summed E-state index contributed by atoms with van der Waals surface area (Å²) >= 11 is 0. The van der Waals surface area contributed by atoms with Gasteiger partial charge in [0.1, 0.15) is 0 Å². The molecule has 2 heterocycles. The van der Waals surface area contributed by atoms with Crippen molar-refractivity contribution in [2.24, 2.45) is 5.41 Å². The lowest BCUT2D eigenvalue weighted by Gasteiger charge is -2.34. The van der Waals surface area contributed by atoms with Crippen LogP contribution in [0.4, 0.5) is 0 Å². The first-order valence-corrected chi connectivity index (χ1v) is 6.36. The Kier molecular flexibility index (Phi) is 4.00. The quantitative estimate of drug-likeness (QED) is 0.707. The second-order valence-electron chi connectivity index (χ2n) is 5.51. The van der Waals surface area contributed by atoms with Crippen LogP contribution in [0.5, 0.6) is 0 Å². The van der Waals surface area contributed by atoms with Crippen molar-refractivity contribution in [2.45, 2.75) is 26.7 Å². The molecule has 92 valence electrons. The van der Waals surface area contributed by atoms with Gasteiger partial charge in [0.25, 0.3) is 0 Å². The molecule has 0 bridgehead atoms. The number of hydrogen-bond donors (Lipinski definition) is 2. The summed E-state index contributed by atoms with van der Waals surface area (Å²) in [5.41, 5.74) is 3.56. The van der Waals surface area contributed by atoms with Crippen LogP contribution in [0.25, 0.3) is 0 Å². The fourth-order valence-corrected chi connectivity index (χ4v) is 2.27. The van der Waals surface area contributed by atoms with Crippen LogP contribution in [0.1, 0.15) is 26.7 Å². The van der Waals surface area contributed by atoms with Crippen molar-refractivity contribution in [1.29, 1.82) is 0 Å². The van der Waals surface area contributed by atoms with E-state index in [-0.39, 0.29) is 0 Å². The average molecular weight is 224 g/mol. The van der Waals surface area contributed by atoms with E-state index >= 15 is 0 Å². The Balaban J connectivity index is 1.70. The standard InChI is InChI=1S/C13H24N2O/c1-11(12-8-14-9-12)7-15-10-13(2)3-5-16-6-4-13/h14-15H,3-10H2,1-2H3. The number of nitrogens with one attached hydrogen (secondary N) is 2. The molecule has 0 atom stereocenters. The highest BCUT2D eigenvalue weighted by Gasteiger charge is 2.26. The van der Waals surface area contributed by atoms with E-state index in [0.717, 1.165) is 39.4 Å². The van der Waals surface area contributed by atoms with Gasteiger partial charge in [0.2, 0.25) is 0 Å². The Hall–Kier alpha value is -0.380. The van der Waals surface area contributed by atoms with Crippen molar-refractivity contribution < 1.29 is 4.74 Å². The lowest BCUT2D eigenvalue weighted by Crippen LogP contribution is -2.39. The summed E-state index contributed by atoms with van der Waals surface area (Å²) in [4.78, 5) is 0. The van der Waals surface area contributed by atoms with Crippen LogP contribution < -0.4 is 10.6 Å². The van der Waals surface area contributed by atoms with Crippen molar-refractivity contribution in [1.82, 2.24) is 10.6 Å². The second-order valence-corrected chi connectivity index (χ2v) is 5.51. The van der Waals surface area contributed by atoms with Crippen molar-refractivity contribution in [3.63, 3.8) is 0 Å². The summed E-state index contributed by atoms with van der Waals surface area (Å²) in [5, 5.41) is 6.89. The maximum absolute atomic E-state index is 5.41. The lowest BCUT2D eigenvalue weighted by atomic mass is 9.82. The minimum absolute atomic E-state index is 0.445. The molecule has 0 aliphatic carbocycles. The molecule has 2 aliphatic rings. The van der Waals surface area contributed by atoms with Gasteiger partial charge in [-0.1, -0.05) is 12.5 Å². The van der Waals surface area contributed by atoms with Crippen LogP contribution in [0.15, 0.2) is 11.1 Å². The van der Waals surface area contributed by atoms with Crippen molar-refractivity contribution in [3.8, 4) is 0 Å². The SMILES string of the molecule is CC(CNCC1(C)CCOCC1)=C1CNC1. The van der Waals surface area contributed by atoms with Crippen LogP contribution >= 0.6 is 0 Å². The van der Waals surface area contributed by atoms with E-state index < -0.39 is 0 Å². The van der Waals surface area contributed by atoms with Gasteiger partial charge in [-0.15, -0.1) is 0 Å². The topological polar surface area (TPSA) is 33.3 Å². The van der Waals surface area contributed by atoms with Gasteiger partial charge >= 0.3 is 0 Å². The second kappa shape index (κ2) is 5.30. The largest absolute Gasteiger partial charge is 0.381 e. The summed E-state index contributed by atoms with van der Waals surface area (Å²) in [6.07, 6.45) is 2.38. The maximum Gasteiger partial charge on any atom is 0.0471 e. The Morgan fingerprint density at radius 2 is 2.06 bits per heavy atom. The third-order valence-electron chi connectivity index (χ3n) is 3.92. The molecule has 2 aliphatic heterocycles. The zero-order valence-electron chi connectivity index (χ0n) is 10.6. The minimum Gasteiger partial charge on any atom is -0.381 e. The fraction of sp³-hybridized carbons (Fsp3) is 0.846. The maximum atomic E-state index is 5.41. The van der Waals surface area contributed by atoms with Gasteiger partial charge in [-0.05, 0) is 30.8 Å². The van der Waals surface area contributed by atoms with Crippen LogP contribution in [0.2, 0.25) is 0 Å². The van der Waals surface area contributed by atoms with E-state index in [9.17, 15) is 0 Å². The van der Waals surface area contributed by atoms with Gasteiger partial charge in [-0.25, -0.2) is 0 Å². The van der Waals surface area contributed by atoms with Crippen molar-refractivity contribution >= 4 is 0 Å². The number of hydrogen-bond acceptors (Lipinski definition) is 3. The van der Waals surface area contributed by atoms with Gasteiger partial charge in [0.05, 0.1) is 0 Å². The molecule has 3 nitrogen and oxygen atoms in total. The van der Waals surface area contributed by atoms with E-state index in [1.807, 2.05) is 0 Å². The van der Waals surface area contributed by atoms with E-state index in [4.69, 9.17) is 4.74 Å². The van der Waals surface area contributed by atoms with E-state index in [1.54, 1.807) is 5.57 Å². The van der Waals surface area contributed by atoms with Gasteiger partial charge in [-0.3, -0.25) is 0 Å². The van der Waals surface area contributed by atoms with E-state index in [1.165, 1.54) is 18.4 Å². The third kappa shape index (κ3) is 3.06. The molecule has 2 rings (SSSR count). The molecule has 0 radical (unpaired) electrons. The predicted molar refractivity (Wildman–Crippen MR) is 66.6 cm³/mol. The predicted octanol–water partition coefficient (Wildman–Crippen LogP) is 1.31. The molecule has 0 aromatic heterocycles. The number of ether oxygens (including phenoxy) is 1. The summed E-state index contributed by atoms with van der Waals surface area (Å²) in [7, 11) is 0. The molecular formula is C13H24N2O. The van der Waals surface area contributed by atoms with Crippen LogP contribution in [-0.2, 0) is 4.74 Å². The first kappa shape index (κ1) is 12.1. The molecule has 2 saturated heterocycles. The van der Waals surface area contributed by atoms with E-state index in [0.29, 0.717) is 5.41 Å². The molecule has 2 N–H and O–H groups in total. The molecule has 0 unspecified atom stereocenters. The highest BCUT2D eigenvalue weighted by Crippen LogP contribution is 2.28. The molecular weight excluding hydrogens is 200 g/mol. The van der Waals surface area contributed by atoms with Gasteiger partial charge in [0, 0.05) is 39.4 Å². The highest BCUT2D eigenvalue weighted by atomic mass is 16.5. The van der Waals surface area contributed by atoms with Crippen LogP contribution in [0, 0.1) is 5.41 Å². The van der Waals surface area contributed by atoms with Crippen LogP contribution in [-0.4, -0.2) is 39.4 Å². The Bertz CT molecular complexity index is 261. The Morgan fingerprint density at radius 1 is 1.38 bits per heavy atom. The van der Waals surface area contributed by atoms with Crippen molar-refractivity contribution in [2.75, 3.05) is 39.4 Å². The Morgan fingerprint density at radius 3 is 2.62 bits per heavy atom. The monoisotopic (exact) mass is 224 g/mol. The molecule has 0 aromatic carbocycles.